The summed E-state index contributed by atoms with van der Waals surface area (Å²) in [5.74, 6) is -0.602. The molecule has 0 heterocycles. The minimum absolute atomic E-state index is 0.0127. The lowest BCUT2D eigenvalue weighted by atomic mass is 10.2. The number of allylic oxidation sites excluding steroid dienone is 3. The molecular weight excluding hydrogens is 154 g/mol. The van der Waals surface area contributed by atoms with Gasteiger partial charge < -0.3 is 4.74 Å². The third-order valence-corrected chi connectivity index (χ3v) is 1.11. The molecule has 0 unspecified atom stereocenters. The molecule has 0 rings (SSSR count). The Balaban J connectivity index is 4.59. The zero-order chi connectivity index (χ0) is 9.56. The SMILES string of the molecule is COC(=O)/C(C#N)=C/C=C(C)C. The van der Waals surface area contributed by atoms with E-state index in [1.165, 1.54) is 13.2 Å². The van der Waals surface area contributed by atoms with Crippen LogP contribution in [0.25, 0.3) is 0 Å². The molecule has 0 aromatic rings. The number of carbonyl (C=O) groups excluding carboxylic acids is 1. The van der Waals surface area contributed by atoms with Crippen LogP contribution in [0.1, 0.15) is 13.8 Å². The van der Waals surface area contributed by atoms with Crippen molar-refractivity contribution in [2.24, 2.45) is 0 Å². The van der Waals surface area contributed by atoms with E-state index in [1.807, 2.05) is 13.8 Å². The van der Waals surface area contributed by atoms with Crippen molar-refractivity contribution in [1.29, 1.82) is 5.26 Å². The number of carbonyl (C=O) groups is 1. The number of ether oxygens (including phenoxy) is 1. The van der Waals surface area contributed by atoms with Crippen molar-refractivity contribution in [3.05, 3.63) is 23.3 Å². The molecule has 0 fully saturated rings. The molecule has 3 heteroatoms. The summed E-state index contributed by atoms with van der Waals surface area (Å²) in [5.41, 5.74) is 1.03. The first-order chi connectivity index (χ1) is 5.61. The Bertz CT molecular complexity index is 265. The average molecular weight is 165 g/mol. The molecule has 0 aromatic heterocycles. The molecule has 0 saturated heterocycles. The third kappa shape index (κ3) is 3.57. The lowest BCUT2D eigenvalue weighted by Crippen LogP contribution is -2.02. The maximum atomic E-state index is 10.8. The summed E-state index contributed by atoms with van der Waals surface area (Å²) in [5, 5.41) is 8.49. The summed E-state index contributed by atoms with van der Waals surface area (Å²) in [7, 11) is 1.25. The first kappa shape index (κ1) is 10.4. The van der Waals surface area contributed by atoms with Crippen molar-refractivity contribution in [2.75, 3.05) is 7.11 Å². The molecule has 0 saturated carbocycles. The van der Waals surface area contributed by atoms with Gasteiger partial charge in [0, 0.05) is 0 Å². The summed E-state index contributed by atoms with van der Waals surface area (Å²) in [6.45, 7) is 3.76. The van der Waals surface area contributed by atoms with Gasteiger partial charge in [-0.3, -0.25) is 0 Å². The van der Waals surface area contributed by atoms with Gasteiger partial charge in [0.15, 0.2) is 0 Å². The fourth-order valence-corrected chi connectivity index (χ4v) is 0.511. The van der Waals surface area contributed by atoms with Crippen LogP contribution in [-0.4, -0.2) is 13.1 Å². The quantitative estimate of drug-likeness (QED) is 0.270. The minimum atomic E-state index is -0.602. The first-order valence-electron chi connectivity index (χ1n) is 3.45. The highest BCUT2D eigenvalue weighted by molar-refractivity contribution is 5.92. The Morgan fingerprint density at radius 3 is 2.33 bits per heavy atom. The molecule has 0 amide bonds. The van der Waals surface area contributed by atoms with Gasteiger partial charge in [-0.15, -0.1) is 0 Å². The van der Waals surface area contributed by atoms with Crippen LogP contribution >= 0.6 is 0 Å². The number of esters is 1. The van der Waals surface area contributed by atoms with Gasteiger partial charge in [0.25, 0.3) is 0 Å². The zero-order valence-electron chi connectivity index (χ0n) is 7.42. The Morgan fingerprint density at radius 1 is 1.42 bits per heavy atom. The van der Waals surface area contributed by atoms with Crippen molar-refractivity contribution in [1.82, 2.24) is 0 Å². The number of rotatable bonds is 2. The molecular formula is C9H11NO2. The van der Waals surface area contributed by atoms with Crippen LogP contribution in [0.4, 0.5) is 0 Å². The second kappa shape index (κ2) is 5.14. The highest BCUT2D eigenvalue weighted by Gasteiger charge is 2.05. The summed E-state index contributed by atoms with van der Waals surface area (Å²) in [6.07, 6.45) is 3.14. The van der Waals surface area contributed by atoms with Crippen LogP contribution in [0, 0.1) is 11.3 Å². The lowest BCUT2D eigenvalue weighted by Gasteiger charge is -1.93. The molecule has 0 spiro atoms. The molecule has 0 atom stereocenters. The second-order valence-corrected chi connectivity index (χ2v) is 2.43. The molecule has 0 aliphatic rings. The topological polar surface area (TPSA) is 50.1 Å². The number of methoxy groups -OCH3 is 1. The van der Waals surface area contributed by atoms with Crippen LogP contribution in [0.5, 0.6) is 0 Å². The molecule has 0 aliphatic carbocycles. The molecule has 64 valence electrons. The Hall–Kier alpha value is -1.56. The van der Waals surface area contributed by atoms with E-state index >= 15 is 0 Å². The smallest absolute Gasteiger partial charge is 0.348 e. The van der Waals surface area contributed by atoms with Gasteiger partial charge in [-0.05, 0) is 19.9 Å². The molecule has 12 heavy (non-hydrogen) atoms. The van der Waals surface area contributed by atoms with Crippen molar-refractivity contribution >= 4 is 5.97 Å². The molecule has 0 aromatic carbocycles. The second-order valence-electron chi connectivity index (χ2n) is 2.43. The molecule has 0 radical (unpaired) electrons. The molecule has 0 aliphatic heterocycles. The molecule has 3 nitrogen and oxygen atoms in total. The molecule has 0 bridgehead atoms. The van der Waals surface area contributed by atoms with Gasteiger partial charge in [0.05, 0.1) is 7.11 Å². The minimum Gasteiger partial charge on any atom is -0.465 e. The summed E-state index contributed by atoms with van der Waals surface area (Å²) in [6, 6.07) is 1.75. The highest BCUT2D eigenvalue weighted by Crippen LogP contribution is 1.98. The van der Waals surface area contributed by atoms with E-state index in [9.17, 15) is 4.79 Å². The average Bonchev–Trinajstić information content (AvgIpc) is 2.04. The van der Waals surface area contributed by atoms with Gasteiger partial charge in [0.2, 0.25) is 0 Å². The van der Waals surface area contributed by atoms with Crippen molar-refractivity contribution in [3.8, 4) is 6.07 Å². The normalized spacial score (nSPS) is 10.0. The van der Waals surface area contributed by atoms with E-state index in [4.69, 9.17) is 5.26 Å². The van der Waals surface area contributed by atoms with Gasteiger partial charge in [-0.2, -0.15) is 5.26 Å². The summed E-state index contributed by atoms with van der Waals surface area (Å²) >= 11 is 0. The zero-order valence-corrected chi connectivity index (χ0v) is 7.42. The van der Waals surface area contributed by atoms with Crippen molar-refractivity contribution in [2.45, 2.75) is 13.8 Å². The lowest BCUT2D eigenvalue weighted by molar-refractivity contribution is -0.135. The monoisotopic (exact) mass is 165 g/mol. The number of hydrogen-bond donors (Lipinski definition) is 0. The summed E-state index contributed by atoms with van der Waals surface area (Å²) < 4.78 is 4.38. The number of nitrogens with zero attached hydrogens (tertiary/aromatic N) is 1. The van der Waals surface area contributed by atoms with Gasteiger partial charge in [-0.25, -0.2) is 4.79 Å². The van der Waals surface area contributed by atoms with Crippen molar-refractivity contribution in [3.63, 3.8) is 0 Å². The predicted octanol–water partition coefficient (Wildman–Crippen LogP) is 1.58. The fraction of sp³-hybridized carbons (Fsp3) is 0.333. The van der Waals surface area contributed by atoms with E-state index in [-0.39, 0.29) is 5.57 Å². The van der Waals surface area contributed by atoms with Gasteiger partial charge in [0.1, 0.15) is 11.6 Å². The maximum absolute atomic E-state index is 10.8. The van der Waals surface area contributed by atoms with Crippen LogP contribution in [0.15, 0.2) is 23.3 Å². The number of hydrogen-bond acceptors (Lipinski definition) is 3. The van der Waals surface area contributed by atoms with Crippen LogP contribution in [0.3, 0.4) is 0 Å². The highest BCUT2D eigenvalue weighted by atomic mass is 16.5. The number of nitriles is 1. The third-order valence-electron chi connectivity index (χ3n) is 1.11. The van der Waals surface area contributed by atoms with E-state index in [2.05, 4.69) is 4.74 Å². The fourth-order valence-electron chi connectivity index (χ4n) is 0.511. The standard InChI is InChI=1S/C9H11NO2/c1-7(2)4-5-8(6-10)9(11)12-3/h4-5H,1-3H3/b8-5+. The van der Waals surface area contributed by atoms with E-state index < -0.39 is 5.97 Å². The Morgan fingerprint density at radius 2 is 2.00 bits per heavy atom. The van der Waals surface area contributed by atoms with Gasteiger partial charge in [-0.1, -0.05) is 11.6 Å². The predicted molar refractivity (Wildman–Crippen MR) is 45.1 cm³/mol. The first-order valence-corrected chi connectivity index (χ1v) is 3.45. The maximum Gasteiger partial charge on any atom is 0.348 e. The van der Waals surface area contributed by atoms with Gasteiger partial charge >= 0.3 is 5.97 Å². The summed E-state index contributed by atoms with van der Waals surface area (Å²) in [4.78, 5) is 10.8. The largest absolute Gasteiger partial charge is 0.465 e. The van der Waals surface area contributed by atoms with E-state index in [1.54, 1.807) is 12.1 Å². The van der Waals surface area contributed by atoms with E-state index in [0.717, 1.165) is 5.57 Å². The Kier molecular flexibility index (Phi) is 4.47. The van der Waals surface area contributed by atoms with Crippen LogP contribution in [0.2, 0.25) is 0 Å². The van der Waals surface area contributed by atoms with E-state index in [0.29, 0.717) is 0 Å². The van der Waals surface area contributed by atoms with Crippen molar-refractivity contribution < 1.29 is 9.53 Å². The van der Waals surface area contributed by atoms with Crippen LogP contribution < -0.4 is 0 Å². The van der Waals surface area contributed by atoms with Crippen LogP contribution in [-0.2, 0) is 9.53 Å². The molecule has 0 N–H and O–H groups in total. The Labute approximate surface area is 71.9 Å².